The number of benzene rings is 3. The first-order valence-corrected chi connectivity index (χ1v) is 12.0. The van der Waals surface area contributed by atoms with Gasteiger partial charge in [0.15, 0.2) is 0 Å². The van der Waals surface area contributed by atoms with Crippen molar-refractivity contribution in [2.75, 3.05) is 30.0 Å². The van der Waals surface area contributed by atoms with E-state index in [-0.39, 0.29) is 23.4 Å². The average Bonchev–Trinajstić information content (AvgIpc) is 3.18. The third-order valence-electron chi connectivity index (χ3n) is 5.76. The van der Waals surface area contributed by atoms with Gasteiger partial charge in [-0.1, -0.05) is 30.3 Å². The Labute approximate surface area is 194 Å². The highest BCUT2D eigenvalue weighted by molar-refractivity contribution is 7.92. The van der Waals surface area contributed by atoms with Crippen LogP contribution < -0.4 is 18.7 Å². The SMILES string of the molecule is COc1ccc(S(=O)(=O)N(CC(=O)N2c3ccccc3CC2C)c2ccccc2OC)cc1. The number of amides is 1. The van der Waals surface area contributed by atoms with E-state index >= 15 is 0 Å². The second-order valence-electron chi connectivity index (χ2n) is 7.80. The van der Waals surface area contributed by atoms with E-state index in [1.165, 1.54) is 26.4 Å². The van der Waals surface area contributed by atoms with Crippen molar-refractivity contribution < 1.29 is 22.7 Å². The molecule has 0 N–H and O–H groups in total. The molecule has 1 aliphatic rings. The lowest BCUT2D eigenvalue weighted by molar-refractivity contribution is -0.117. The van der Waals surface area contributed by atoms with Gasteiger partial charge in [0, 0.05) is 11.7 Å². The summed E-state index contributed by atoms with van der Waals surface area (Å²) in [5.41, 5.74) is 2.18. The van der Waals surface area contributed by atoms with Crippen LogP contribution in [0.2, 0.25) is 0 Å². The van der Waals surface area contributed by atoms with Crippen molar-refractivity contribution in [3.05, 3.63) is 78.4 Å². The number of para-hydroxylation sites is 3. The van der Waals surface area contributed by atoms with Crippen LogP contribution >= 0.6 is 0 Å². The second kappa shape index (κ2) is 9.15. The molecular formula is C25H26N2O5S. The van der Waals surface area contributed by atoms with Crippen LogP contribution in [0.5, 0.6) is 11.5 Å². The minimum absolute atomic E-state index is 0.0527. The maximum Gasteiger partial charge on any atom is 0.264 e. The van der Waals surface area contributed by atoms with Gasteiger partial charge in [-0.15, -0.1) is 0 Å². The first kappa shape index (κ1) is 22.7. The van der Waals surface area contributed by atoms with E-state index in [2.05, 4.69) is 0 Å². The second-order valence-corrected chi connectivity index (χ2v) is 9.67. The Morgan fingerprint density at radius 3 is 2.33 bits per heavy atom. The lowest BCUT2D eigenvalue weighted by Crippen LogP contribution is -2.45. The van der Waals surface area contributed by atoms with E-state index in [9.17, 15) is 13.2 Å². The number of methoxy groups -OCH3 is 2. The Kier molecular flexibility index (Phi) is 6.29. The fourth-order valence-electron chi connectivity index (χ4n) is 4.16. The quantitative estimate of drug-likeness (QED) is 0.528. The summed E-state index contributed by atoms with van der Waals surface area (Å²) in [5, 5.41) is 0. The first-order valence-electron chi connectivity index (χ1n) is 10.6. The van der Waals surface area contributed by atoms with Gasteiger partial charge in [-0.25, -0.2) is 8.42 Å². The molecule has 1 unspecified atom stereocenters. The van der Waals surface area contributed by atoms with Crippen molar-refractivity contribution in [1.29, 1.82) is 0 Å². The minimum Gasteiger partial charge on any atom is -0.497 e. The predicted octanol–water partition coefficient (Wildman–Crippen LogP) is 3.88. The molecule has 0 saturated carbocycles. The number of anilines is 2. The van der Waals surface area contributed by atoms with Crippen LogP contribution in [0.25, 0.3) is 0 Å². The van der Waals surface area contributed by atoms with Crippen LogP contribution in [-0.4, -0.2) is 41.1 Å². The molecule has 0 fully saturated rings. The standard InChI is InChI=1S/C25H26N2O5S/c1-18-16-19-8-4-5-9-22(19)27(18)25(28)17-26(23-10-6-7-11-24(23)32-3)33(29,30)21-14-12-20(31-2)13-15-21/h4-15,18H,16-17H2,1-3H3. The predicted molar refractivity (Wildman–Crippen MR) is 128 cm³/mol. The number of sulfonamides is 1. The van der Waals surface area contributed by atoms with Gasteiger partial charge in [-0.05, 0) is 61.4 Å². The van der Waals surface area contributed by atoms with Gasteiger partial charge in [0.2, 0.25) is 5.91 Å². The van der Waals surface area contributed by atoms with Gasteiger partial charge < -0.3 is 14.4 Å². The van der Waals surface area contributed by atoms with Crippen molar-refractivity contribution in [2.45, 2.75) is 24.3 Å². The fourth-order valence-corrected chi connectivity index (χ4v) is 5.58. The molecule has 7 nitrogen and oxygen atoms in total. The molecule has 1 aliphatic heterocycles. The van der Waals surface area contributed by atoms with Crippen molar-refractivity contribution in [3.63, 3.8) is 0 Å². The van der Waals surface area contributed by atoms with E-state index in [0.717, 1.165) is 22.0 Å². The highest BCUT2D eigenvalue weighted by Crippen LogP contribution is 2.35. The zero-order chi connectivity index (χ0) is 23.6. The van der Waals surface area contributed by atoms with E-state index in [1.54, 1.807) is 41.3 Å². The normalized spacial score (nSPS) is 15.1. The first-order chi connectivity index (χ1) is 15.9. The maximum absolute atomic E-state index is 13.7. The molecule has 0 radical (unpaired) electrons. The molecule has 3 aromatic carbocycles. The smallest absolute Gasteiger partial charge is 0.264 e. The highest BCUT2D eigenvalue weighted by Gasteiger charge is 2.35. The number of carbonyl (C=O) groups excluding carboxylic acids is 1. The van der Waals surface area contributed by atoms with Crippen LogP contribution in [0.3, 0.4) is 0 Å². The summed E-state index contributed by atoms with van der Waals surface area (Å²) < 4.78 is 39.2. The molecule has 0 aliphatic carbocycles. The third-order valence-corrected chi connectivity index (χ3v) is 7.53. The molecule has 0 aromatic heterocycles. The summed E-state index contributed by atoms with van der Waals surface area (Å²) in [4.78, 5) is 15.3. The van der Waals surface area contributed by atoms with Gasteiger partial charge in [0.05, 0.1) is 24.8 Å². The van der Waals surface area contributed by atoms with Crippen LogP contribution in [-0.2, 0) is 21.2 Å². The molecule has 0 bridgehead atoms. The van der Waals surface area contributed by atoms with Crippen LogP contribution in [0.15, 0.2) is 77.7 Å². The molecule has 1 heterocycles. The summed E-state index contributed by atoms with van der Waals surface area (Å²) in [7, 11) is -1.10. The summed E-state index contributed by atoms with van der Waals surface area (Å²) in [6.07, 6.45) is 0.724. The Morgan fingerprint density at radius 1 is 0.970 bits per heavy atom. The Morgan fingerprint density at radius 2 is 1.64 bits per heavy atom. The van der Waals surface area contributed by atoms with Gasteiger partial charge in [-0.3, -0.25) is 9.10 Å². The molecule has 172 valence electrons. The molecule has 33 heavy (non-hydrogen) atoms. The van der Waals surface area contributed by atoms with Gasteiger partial charge in [0.1, 0.15) is 18.0 Å². The number of nitrogens with zero attached hydrogens (tertiary/aromatic N) is 2. The molecule has 1 amide bonds. The molecule has 4 rings (SSSR count). The topological polar surface area (TPSA) is 76.2 Å². The van der Waals surface area contributed by atoms with Crippen molar-refractivity contribution >= 4 is 27.3 Å². The Hall–Kier alpha value is -3.52. The molecule has 1 atom stereocenters. The lowest BCUT2D eigenvalue weighted by Gasteiger charge is -2.29. The van der Waals surface area contributed by atoms with Crippen molar-refractivity contribution in [2.24, 2.45) is 0 Å². The van der Waals surface area contributed by atoms with Crippen LogP contribution in [0.4, 0.5) is 11.4 Å². The number of carbonyl (C=O) groups is 1. The zero-order valence-corrected chi connectivity index (χ0v) is 19.6. The summed E-state index contributed by atoms with van der Waals surface area (Å²) in [5.74, 6) is 0.587. The monoisotopic (exact) mass is 466 g/mol. The fraction of sp³-hybridized carbons (Fsp3) is 0.240. The van der Waals surface area contributed by atoms with E-state index in [4.69, 9.17) is 9.47 Å². The molecule has 8 heteroatoms. The number of hydrogen-bond donors (Lipinski definition) is 0. The summed E-state index contributed by atoms with van der Waals surface area (Å²) in [6.45, 7) is 1.59. The minimum atomic E-state index is -4.08. The van der Waals surface area contributed by atoms with Gasteiger partial charge >= 0.3 is 0 Å². The molecule has 0 saturated heterocycles. The summed E-state index contributed by atoms with van der Waals surface area (Å²) in [6, 6.07) is 20.5. The van der Waals surface area contributed by atoms with Crippen molar-refractivity contribution in [1.82, 2.24) is 0 Å². The number of ether oxygens (including phenoxy) is 2. The number of fused-ring (bicyclic) bond motifs is 1. The van der Waals surface area contributed by atoms with Gasteiger partial charge in [-0.2, -0.15) is 0 Å². The van der Waals surface area contributed by atoms with Crippen molar-refractivity contribution in [3.8, 4) is 11.5 Å². The van der Waals surface area contributed by atoms with E-state index in [0.29, 0.717) is 17.2 Å². The van der Waals surface area contributed by atoms with Gasteiger partial charge in [0.25, 0.3) is 10.0 Å². The van der Waals surface area contributed by atoms with Crippen LogP contribution in [0.1, 0.15) is 12.5 Å². The molecule has 3 aromatic rings. The lowest BCUT2D eigenvalue weighted by atomic mass is 10.1. The molecular weight excluding hydrogens is 440 g/mol. The number of rotatable bonds is 7. The third kappa shape index (κ3) is 4.26. The zero-order valence-electron chi connectivity index (χ0n) is 18.8. The highest BCUT2D eigenvalue weighted by atomic mass is 32.2. The van der Waals surface area contributed by atoms with E-state index < -0.39 is 10.0 Å². The summed E-state index contributed by atoms with van der Waals surface area (Å²) >= 11 is 0. The Balaban J connectivity index is 1.76. The van der Waals surface area contributed by atoms with Crippen LogP contribution in [0, 0.1) is 0 Å². The maximum atomic E-state index is 13.7. The number of hydrogen-bond acceptors (Lipinski definition) is 5. The van der Waals surface area contributed by atoms with E-state index in [1.807, 2.05) is 31.2 Å². The largest absolute Gasteiger partial charge is 0.497 e. The average molecular weight is 467 g/mol. The Bertz CT molecular complexity index is 1260. The molecule has 0 spiro atoms.